The van der Waals surface area contributed by atoms with E-state index in [-0.39, 0.29) is 18.3 Å². The number of rotatable bonds is 7. The van der Waals surface area contributed by atoms with E-state index >= 15 is 0 Å². The largest absolute Gasteiger partial charge is 0.356 e. The van der Waals surface area contributed by atoms with Crippen LogP contribution in [0.4, 0.5) is 0 Å². The summed E-state index contributed by atoms with van der Waals surface area (Å²) in [7, 11) is -1.50. The van der Waals surface area contributed by atoms with Gasteiger partial charge in [0.15, 0.2) is 0 Å². The van der Waals surface area contributed by atoms with Crippen molar-refractivity contribution in [3.63, 3.8) is 0 Å². The maximum Gasteiger partial charge on any atom is 0.252 e. The highest BCUT2D eigenvalue weighted by Gasteiger charge is 2.30. The normalized spacial score (nSPS) is 18.8. The fraction of sp³-hybridized carbons (Fsp3) is 0.667. The molecule has 0 radical (unpaired) electrons. The van der Waals surface area contributed by atoms with Gasteiger partial charge < -0.3 is 10.6 Å². The number of nitrogens with one attached hydrogen (secondary N) is 2. The number of amides is 1. The Balaban J connectivity index is 0.00000288. The van der Waals surface area contributed by atoms with Crippen LogP contribution in [0.1, 0.15) is 24.6 Å². The predicted molar refractivity (Wildman–Crippen MR) is 99.4 cm³/mol. The van der Waals surface area contributed by atoms with Crippen LogP contribution in [0.15, 0.2) is 16.3 Å². The van der Waals surface area contributed by atoms with Crippen LogP contribution < -0.4 is 10.6 Å². The molecular weight excluding hydrogens is 370 g/mol. The van der Waals surface area contributed by atoms with Gasteiger partial charge in [0.25, 0.3) is 10.0 Å². The van der Waals surface area contributed by atoms with Gasteiger partial charge in [-0.25, -0.2) is 8.42 Å². The Morgan fingerprint density at radius 3 is 2.83 bits per heavy atom. The Bertz CT molecular complexity index is 632. The molecule has 24 heavy (non-hydrogen) atoms. The Hall–Kier alpha value is -0.670. The highest BCUT2D eigenvalue weighted by Crippen LogP contribution is 2.28. The number of hydrogen-bond acceptors (Lipinski definition) is 5. The van der Waals surface area contributed by atoms with Crippen molar-refractivity contribution in [2.24, 2.45) is 5.92 Å². The lowest BCUT2D eigenvalue weighted by Gasteiger charge is -2.31. The number of carbonyl (C=O) groups is 1. The van der Waals surface area contributed by atoms with Crippen LogP contribution in [0.3, 0.4) is 0 Å². The van der Waals surface area contributed by atoms with E-state index in [0.717, 1.165) is 24.3 Å². The van der Waals surface area contributed by atoms with E-state index in [9.17, 15) is 13.2 Å². The Kier molecular flexibility index (Phi) is 8.66. The summed E-state index contributed by atoms with van der Waals surface area (Å²) < 4.78 is 27.6. The quantitative estimate of drug-likeness (QED) is 0.732. The first-order valence-electron chi connectivity index (χ1n) is 7.91. The maximum atomic E-state index is 12.8. The number of sulfonamides is 1. The second-order valence-corrected chi connectivity index (χ2v) is 9.22. The molecule has 0 saturated carbocycles. The second-order valence-electron chi connectivity index (χ2n) is 5.88. The van der Waals surface area contributed by atoms with Crippen LogP contribution in [0, 0.1) is 5.92 Å². The van der Waals surface area contributed by atoms with Crippen LogP contribution in [0.25, 0.3) is 0 Å². The molecule has 138 valence electrons. The van der Waals surface area contributed by atoms with Gasteiger partial charge in [-0.3, -0.25) is 4.79 Å². The highest BCUT2D eigenvalue weighted by atomic mass is 35.5. The third kappa shape index (κ3) is 5.70. The van der Waals surface area contributed by atoms with E-state index in [1.165, 1.54) is 18.3 Å². The zero-order valence-electron chi connectivity index (χ0n) is 14.1. The summed E-state index contributed by atoms with van der Waals surface area (Å²) in [5, 5.41) is 5.86. The number of hydrogen-bond donors (Lipinski definition) is 2. The molecular formula is C15H26ClN3O3S2. The second kappa shape index (κ2) is 9.72. The van der Waals surface area contributed by atoms with Gasteiger partial charge in [0.05, 0.1) is 0 Å². The predicted octanol–water partition coefficient (Wildman–Crippen LogP) is 1.47. The third-order valence-corrected chi connectivity index (χ3v) is 7.43. The summed E-state index contributed by atoms with van der Waals surface area (Å²) in [6, 6.07) is 3.53. The van der Waals surface area contributed by atoms with Gasteiger partial charge in [-0.05, 0) is 50.9 Å². The maximum absolute atomic E-state index is 12.8. The molecule has 1 aromatic rings. The van der Waals surface area contributed by atoms with E-state index in [4.69, 9.17) is 0 Å². The number of halogens is 1. The van der Waals surface area contributed by atoms with Crippen molar-refractivity contribution in [2.75, 3.05) is 33.2 Å². The molecule has 2 N–H and O–H groups in total. The van der Waals surface area contributed by atoms with Crippen molar-refractivity contribution in [1.82, 2.24) is 14.9 Å². The van der Waals surface area contributed by atoms with Gasteiger partial charge in [0.2, 0.25) is 5.91 Å². The van der Waals surface area contributed by atoms with Gasteiger partial charge >= 0.3 is 0 Å². The van der Waals surface area contributed by atoms with Crippen molar-refractivity contribution in [2.45, 2.75) is 30.4 Å². The first-order chi connectivity index (χ1) is 10.9. The van der Waals surface area contributed by atoms with Crippen LogP contribution in [-0.2, 0) is 21.2 Å². The molecule has 6 nitrogen and oxygen atoms in total. The van der Waals surface area contributed by atoms with E-state index in [1.54, 1.807) is 10.4 Å². The molecule has 2 heterocycles. The van der Waals surface area contributed by atoms with Crippen LogP contribution >= 0.6 is 23.7 Å². The summed E-state index contributed by atoms with van der Waals surface area (Å²) in [4.78, 5) is 11.8. The van der Waals surface area contributed by atoms with E-state index in [0.29, 0.717) is 36.2 Å². The molecule has 0 aliphatic carbocycles. The van der Waals surface area contributed by atoms with Gasteiger partial charge in [0.1, 0.15) is 4.21 Å². The minimum absolute atomic E-state index is 0. The molecule has 9 heteroatoms. The molecule has 0 bridgehead atoms. The lowest BCUT2D eigenvalue weighted by atomic mass is 10.00. The van der Waals surface area contributed by atoms with Gasteiger partial charge in [-0.1, -0.05) is 0 Å². The SMILES string of the molecule is CNCC1CCCN(S(=O)(=O)c2ccc(CCNC(C)=O)s2)C1.Cl. The first-order valence-corrected chi connectivity index (χ1v) is 10.2. The lowest BCUT2D eigenvalue weighted by Crippen LogP contribution is -2.42. The number of piperidine rings is 1. The molecule has 1 aliphatic heterocycles. The van der Waals surface area contributed by atoms with Crippen LogP contribution in [-0.4, -0.2) is 51.9 Å². The molecule has 2 rings (SSSR count). The summed E-state index contributed by atoms with van der Waals surface area (Å²) in [5.74, 6) is 0.306. The highest BCUT2D eigenvalue weighted by molar-refractivity contribution is 7.91. The average molecular weight is 396 g/mol. The van der Waals surface area contributed by atoms with Crippen LogP contribution in [0.5, 0.6) is 0 Å². The number of thiophene rings is 1. The van der Waals surface area contributed by atoms with E-state index < -0.39 is 10.0 Å². The van der Waals surface area contributed by atoms with Crippen molar-refractivity contribution < 1.29 is 13.2 Å². The van der Waals surface area contributed by atoms with Gasteiger partial charge in [-0.2, -0.15) is 4.31 Å². The Morgan fingerprint density at radius 1 is 1.42 bits per heavy atom. The van der Waals surface area contributed by atoms with Crippen molar-refractivity contribution in [1.29, 1.82) is 0 Å². The van der Waals surface area contributed by atoms with Gasteiger partial charge in [0, 0.05) is 31.4 Å². The van der Waals surface area contributed by atoms with Crippen molar-refractivity contribution in [3.8, 4) is 0 Å². The number of nitrogens with zero attached hydrogens (tertiary/aromatic N) is 1. The molecule has 1 aromatic heterocycles. The molecule has 0 spiro atoms. The summed E-state index contributed by atoms with van der Waals surface area (Å²) in [5.41, 5.74) is 0. The molecule has 1 fully saturated rings. The van der Waals surface area contributed by atoms with Gasteiger partial charge in [-0.15, -0.1) is 23.7 Å². The average Bonchev–Trinajstić information content (AvgIpc) is 2.97. The third-order valence-electron chi connectivity index (χ3n) is 3.95. The van der Waals surface area contributed by atoms with Crippen LogP contribution in [0.2, 0.25) is 0 Å². The molecule has 1 saturated heterocycles. The summed E-state index contributed by atoms with van der Waals surface area (Å²) in [6.07, 6.45) is 2.63. The number of carbonyl (C=O) groups excluding carboxylic acids is 1. The Labute approximate surface area is 154 Å². The first kappa shape index (κ1) is 21.4. The molecule has 0 aromatic carbocycles. The minimum Gasteiger partial charge on any atom is -0.356 e. The lowest BCUT2D eigenvalue weighted by molar-refractivity contribution is -0.118. The minimum atomic E-state index is -3.40. The fourth-order valence-electron chi connectivity index (χ4n) is 2.82. The zero-order valence-corrected chi connectivity index (χ0v) is 16.5. The molecule has 1 atom stereocenters. The smallest absolute Gasteiger partial charge is 0.252 e. The summed E-state index contributed by atoms with van der Waals surface area (Å²) >= 11 is 1.30. The van der Waals surface area contributed by atoms with E-state index in [2.05, 4.69) is 10.6 Å². The topological polar surface area (TPSA) is 78.5 Å². The molecule has 1 unspecified atom stereocenters. The fourth-order valence-corrected chi connectivity index (χ4v) is 5.88. The summed E-state index contributed by atoms with van der Waals surface area (Å²) in [6.45, 7) is 4.04. The van der Waals surface area contributed by atoms with E-state index in [1.807, 2.05) is 13.1 Å². The zero-order chi connectivity index (χ0) is 16.9. The van der Waals surface area contributed by atoms with Crippen molar-refractivity contribution >= 4 is 39.7 Å². The van der Waals surface area contributed by atoms with Crippen molar-refractivity contribution in [3.05, 3.63) is 17.0 Å². The standard InChI is InChI=1S/C15H25N3O3S2.ClH/c1-12(19)17-8-7-14-5-6-15(22-14)23(20,21)18-9-3-4-13(11-18)10-16-2;/h5-6,13,16H,3-4,7-11H2,1-2H3,(H,17,19);1H. The molecule has 1 amide bonds. The Morgan fingerprint density at radius 2 is 2.17 bits per heavy atom. The molecule has 1 aliphatic rings. The monoisotopic (exact) mass is 395 g/mol.